The van der Waals surface area contributed by atoms with Crippen molar-refractivity contribution in [3.63, 3.8) is 0 Å². The van der Waals surface area contributed by atoms with Crippen LogP contribution in [-0.4, -0.2) is 22.1 Å². The third-order valence-electron chi connectivity index (χ3n) is 2.51. The third kappa shape index (κ3) is 4.31. The summed E-state index contributed by atoms with van der Waals surface area (Å²) in [7, 11) is 0. The number of hydrogen-bond acceptors (Lipinski definition) is 4. The van der Waals surface area contributed by atoms with E-state index >= 15 is 0 Å². The van der Waals surface area contributed by atoms with Crippen LogP contribution in [0.1, 0.15) is 24.3 Å². The average Bonchev–Trinajstić information content (AvgIpc) is 2.43. The Kier molecular flexibility index (Phi) is 4.98. The molecule has 0 fully saturated rings. The predicted molar refractivity (Wildman–Crippen MR) is 84.4 cm³/mol. The van der Waals surface area contributed by atoms with E-state index in [1.807, 2.05) is 13.8 Å². The second-order valence-electron chi connectivity index (χ2n) is 4.69. The Morgan fingerprint density at radius 1 is 1.10 bits per heavy atom. The lowest BCUT2D eigenvalue weighted by Crippen LogP contribution is -2.30. The summed E-state index contributed by atoms with van der Waals surface area (Å²) in [5.41, 5.74) is 1.00. The van der Waals surface area contributed by atoms with Crippen LogP contribution in [0.2, 0.25) is 10.0 Å². The molecule has 7 heteroatoms. The zero-order valence-corrected chi connectivity index (χ0v) is 13.0. The minimum Gasteiger partial charge on any atom is -0.348 e. The standard InChI is InChI=1S/C14H14Cl2N4O/c1-8(2)17-14(21)12-5-6-13(20-19-12)18-9-3-4-10(15)11(16)7-9/h3-8H,1-2H3,(H,17,21)(H,18,20). The Balaban J connectivity index is 2.08. The fourth-order valence-electron chi connectivity index (χ4n) is 1.58. The minimum absolute atomic E-state index is 0.0494. The van der Waals surface area contributed by atoms with Gasteiger partial charge in [-0.1, -0.05) is 23.2 Å². The largest absolute Gasteiger partial charge is 0.348 e. The first-order chi connectivity index (χ1) is 9.95. The number of hydrogen-bond donors (Lipinski definition) is 2. The van der Waals surface area contributed by atoms with Gasteiger partial charge in [-0.2, -0.15) is 0 Å². The lowest BCUT2D eigenvalue weighted by atomic mass is 10.3. The zero-order valence-electron chi connectivity index (χ0n) is 11.5. The molecule has 1 aromatic heterocycles. The van der Waals surface area contributed by atoms with E-state index in [2.05, 4.69) is 20.8 Å². The highest BCUT2D eigenvalue weighted by Crippen LogP contribution is 2.26. The molecule has 0 saturated heterocycles. The number of anilines is 2. The van der Waals surface area contributed by atoms with E-state index in [4.69, 9.17) is 23.2 Å². The van der Waals surface area contributed by atoms with Crippen molar-refractivity contribution in [1.82, 2.24) is 15.5 Å². The van der Waals surface area contributed by atoms with Crippen LogP contribution in [0.5, 0.6) is 0 Å². The Morgan fingerprint density at radius 2 is 1.86 bits per heavy atom. The molecule has 21 heavy (non-hydrogen) atoms. The number of rotatable bonds is 4. The highest BCUT2D eigenvalue weighted by molar-refractivity contribution is 6.42. The summed E-state index contributed by atoms with van der Waals surface area (Å²) in [6.45, 7) is 3.76. The van der Waals surface area contributed by atoms with Gasteiger partial charge in [0.2, 0.25) is 0 Å². The van der Waals surface area contributed by atoms with Crippen molar-refractivity contribution >= 4 is 40.6 Å². The molecule has 0 spiro atoms. The SMILES string of the molecule is CC(C)NC(=O)c1ccc(Nc2ccc(Cl)c(Cl)c2)nn1. The van der Waals surface area contributed by atoms with Gasteiger partial charge < -0.3 is 10.6 Å². The van der Waals surface area contributed by atoms with Gasteiger partial charge in [-0.3, -0.25) is 4.79 Å². The molecule has 0 aliphatic carbocycles. The van der Waals surface area contributed by atoms with E-state index in [1.54, 1.807) is 30.3 Å². The molecule has 0 unspecified atom stereocenters. The normalized spacial score (nSPS) is 10.5. The molecule has 0 atom stereocenters. The number of nitrogens with zero attached hydrogens (tertiary/aromatic N) is 2. The molecule has 5 nitrogen and oxygen atoms in total. The molecule has 2 rings (SSSR count). The van der Waals surface area contributed by atoms with Gasteiger partial charge in [0.15, 0.2) is 11.5 Å². The summed E-state index contributed by atoms with van der Waals surface area (Å²) in [4.78, 5) is 11.7. The van der Waals surface area contributed by atoms with Gasteiger partial charge >= 0.3 is 0 Å². The zero-order chi connectivity index (χ0) is 15.4. The van der Waals surface area contributed by atoms with Crippen LogP contribution in [-0.2, 0) is 0 Å². The molecule has 1 amide bonds. The predicted octanol–water partition coefficient (Wildman–Crippen LogP) is 3.67. The third-order valence-corrected chi connectivity index (χ3v) is 3.25. The van der Waals surface area contributed by atoms with E-state index in [0.29, 0.717) is 15.9 Å². The van der Waals surface area contributed by atoms with Crippen LogP contribution in [0, 0.1) is 0 Å². The Labute approximate surface area is 132 Å². The molecule has 0 saturated carbocycles. The number of amides is 1. The molecular weight excluding hydrogens is 311 g/mol. The van der Waals surface area contributed by atoms with Crippen molar-refractivity contribution in [1.29, 1.82) is 0 Å². The van der Waals surface area contributed by atoms with E-state index in [9.17, 15) is 4.79 Å². The van der Waals surface area contributed by atoms with Crippen LogP contribution in [0.15, 0.2) is 30.3 Å². The summed E-state index contributed by atoms with van der Waals surface area (Å²) in [5.74, 6) is 0.257. The first-order valence-electron chi connectivity index (χ1n) is 6.32. The van der Waals surface area contributed by atoms with E-state index in [0.717, 1.165) is 5.69 Å². The number of carbonyl (C=O) groups excluding carboxylic acids is 1. The topological polar surface area (TPSA) is 66.9 Å². The summed E-state index contributed by atoms with van der Waals surface area (Å²) in [5, 5.41) is 14.5. The maximum Gasteiger partial charge on any atom is 0.271 e. The molecular formula is C14H14Cl2N4O. The van der Waals surface area contributed by atoms with Crippen molar-refractivity contribution in [3.05, 3.63) is 46.1 Å². The summed E-state index contributed by atoms with van der Waals surface area (Å²) < 4.78 is 0. The van der Waals surface area contributed by atoms with Crippen molar-refractivity contribution < 1.29 is 4.79 Å². The van der Waals surface area contributed by atoms with Crippen LogP contribution in [0.25, 0.3) is 0 Å². The summed E-state index contributed by atoms with van der Waals surface area (Å²) >= 11 is 11.8. The number of aromatic nitrogens is 2. The first kappa shape index (κ1) is 15.5. The molecule has 0 aliphatic rings. The second-order valence-corrected chi connectivity index (χ2v) is 5.50. The molecule has 0 aliphatic heterocycles. The fourth-order valence-corrected chi connectivity index (χ4v) is 1.88. The molecule has 0 bridgehead atoms. The van der Waals surface area contributed by atoms with Gasteiger partial charge in [-0.25, -0.2) is 0 Å². The van der Waals surface area contributed by atoms with Gasteiger partial charge in [0.25, 0.3) is 5.91 Å². The maximum atomic E-state index is 11.7. The number of benzene rings is 1. The van der Waals surface area contributed by atoms with Crippen LogP contribution in [0.4, 0.5) is 11.5 Å². The Bertz CT molecular complexity index is 644. The highest BCUT2D eigenvalue weighted by Gasteiger charge is 2.09. The van der Waals surface area contributed by atoms with Gasteiger partial charge in [-0.15, -0.1) is 10.2 Å². The lowest BCUT2D eigenvalue weighted by Gasteiger charge is -2.08. The van der Waals surface area contributed by atoms with Crippen LogP contribution in [0.3, 0.4) is 0 Å². The van der Waals surface area contributed by atoms with Gasteiger partial charge in [0, 0.05) is 11.7 Å². The summed E-state index contributed by atoms with van der Waals surface area (Å²) in [6, 6.07) is 8.47. The van der Waals surface area contributed by atoms with Crippen LogP contribution < -0.4 is 10.6 Å². The fraction of sp³-hybridized carbons (Fsp3) is 0.214. The molecule has 1 aromatic carbocycles. The summed E-state index contributed by atoms with van der Waals surface area (Å²) in [6.07, 6.45) is 0. The Morgan fingerprint density at radius 3 is 2.43 bits per heavy atom. The quantitative estimate of drug-likeness (QED) is 0.900. The second kappa shape index (κ2) is 6.74. The average molecular weight is 325 g/mol. The molecule has 110 valence electrons. The number of halogens is 2. The number of nitrogens with one attached hydrogen (secondary N) is 2. The van der Waals surface area contributed by atoms with Crippen molar-refractivity contribution in [2.24, 2.45) is 0 Å². The Hall–Kier alpha value is -1.85. The molecule has 2 aromatic rings. The molecule has 1 heterocycles. The van der Waals surface area contributed by atoms with Crippen molar-refractivity contribution in [2.45, 2.75) is 19.9 Å². The van der Waals surface area contributed by atoms with E-state index < -0.39 is 0 Å². The molecule has 2 N–H and O–H groups in total. The van der Waals surface area contributed by atoms with Gasteiger partial charge in [0.1, 0.15) is 0 Å². The van der Waals surface area contributed by atoms with Crippen molar-refractivity contribution in [2.75, 3.05) is 5.32 Å². The minimum atomic E-state index is -0.251. The first-order valence-corrected chi connectivity index (χ1v) is 7.08. The maximum absolute atomic E-state index is 11.7. The number of carbonyl (C=O) groups is 1. The van der Waals surface area contributed by atoms with E-state index in [1.165, 1.54) is 0 Å². The highest BCUT2D eigenvalue weighted by atomic mass is 35.5. The van der Waals surface area contributed by atoms with Crippen LogP contribution >= 0.6 is 23.2 Å². The van der Waals surface area contributed by atoms with Crippen molar-refractivity contribution in [3.8, 4) is 0 Å². The molecule has 0 radical (unpaired) electrons. The van der Waals surface area contributed by atoms with Gasteiger partial charge in [-0.05, 0) is 44.2 Å². The van der Waals surface area contributed by atoms with E-state index in [-0.39, 0.29) is 17.6 Å². The lowest BCUT2D eigenvalue weighted by molar-refractivity contribution is 0.0937. The monoisotopic (exact) mass is 324 g/mol. The smallest absolute Gasteiger partial charge is 0.271 e. The van der Waals surface area contributed by atoms with Gasteiger partial charge in [0.05, 0.1) is 10.0 Å².